The molecule has 0 saturated carbocycles. The van der Waals surface area contributed by atoms with Crippen molar-refractivity contribution in [1.29, 1.82) is 0 Å². The number of benzene rings is 1. The average Bonchev–Trinajstić information content (AvgIpc) is 2.28. The van der Waals surface area contributed by atoms with E-state index in [1.165, 1.54) is 13.2 Å². The number of methoxy groups -OCH3 is 1. The Labute approximate surface area is 87.6 Å². The molecule has 0 N–H and O–H groups in total. The molecule has 4 nitrogen and oxygen atoms in total. The maximum atomic E-state index is 11.3. The summed E-state index contributed by atoms with van der Waals surface area (Å²) in [6.45, 7) is 1.70. The van der Waals surface area contributed by atoms with Crippen molar-refractivity contribution in [2.45, 2.75) is 12.8 Å². The summed E-state index contributed by atoms with van der Waals surface area (Å²) in [7, 11) is 1.32. The normalized spacial score (nSPS) is 11.3. The summed E-state index contributed by atoms with van der Waals surface area (Å²) in [4.78, 5) is 25.0. The molecule has 0 heterocycles. The molecule has 0 radical (unpaired) electrons. The molecule has 15 heavy (non-hydrogen) atoms. The fraction of sp³-hybridized carbons (Fsp3) is 0.273. The Balaban J connectivity index is 3.12. The number of hydrogen-bond donors (Lipinski definition) is 0. The van der Waals surface area contributed by atoms with Crippen molar-refractivity contribution >= 4 is 17.7 Å². The van der Waals surface area contributed by atoms with E-state index in [0.717, 1.165) is 0 Å². The molecular weight excluding hydrogens is 194 g/mol. The summed E-state index contributed by atoms with van der Waals surface area (Å²) in [6, 6.07) is 6.90. The van der Waals surface area contributed by atoms with E-state index in [1.807, 2.05) is 0 Å². The molecule has 4 heteroatoms. The standard InChI is InChI=1S/C11H11NO3/c1-8(11(14)15-2)9-5-3-4-6-10(9)12-7-13/h3-6,8H,1-2H3/t8-/m0/s1. The first-order chi connectivity index (χ1) is 7.20. The van der Waals surface area contributed by atoms with Gasteiger partial charge in [-0.1, -0.05) is 18.2 Å². The number of ether oxygens (including phenoxy) is 1. The van der Waals surface area contributed by atoms with Crippen LogP contribution < -0.4 is 0 Å². The van der Waals surface area contributed by atoms with Crippen LogP contribution in [0.4, 0.5) is 5.69 Å². The van der Waals surface area contributed by atoms with Crippen molar-refractivity contribution in [1.82, 2.24) is 0 Å². The Morgan fingerprint density at radius 1 is 1.47 bits per heavy atom. The molecule has 0 aliphatic heterocycles. The molecule has 0 aliphatic rings. The van der Waals surface area contributed by atoms with E-state index in [-0.39, 0.29) is 5.97 Å². The first-order valence-electron chi connectivity index (χ1n) is 4.45. The molecule has 0 spiro atoms. The predicted molar refractivity (Wildman–Crippen MR) is 54.7 cm³/mol. The Morgan fingerprint density at radius 3 is 2.73 bits per heavy atom. The van der Waals surface area contributed by atoms with Gasteiger partial charge in [-0.25, -0.2) is 4.79 Å². The Kier molecular flexibility index (Phi) is 3.77. The lowest BCUT2D eigenvalue weighted by Gasteiger charge is -2.10. The topological polar surface area (TPSA) is 55.7 Å². The number of rotatable bonds is 3. The number of esters is 1. The van der Waals surface area contributed by atoms with Crippen LogP contribution in [0.15, 0.2) is 29.3 Å². The van der Waals surface area contributed by atoms with Crippen molar-refractivity contribution in [2.75, 3.05) is 7.11 Å². The minimum absolute atomic E-state index is 0.358. The largest absolute Gasteiger partial charge is 0.469 e. The number of carbonyl (C=O) groups is 1. The molecule has 0 saturated heterocycles. The van der Waals surface area contributed by atoms with Crippen LogP contribution >= 0.6 is 0 Å². The van der Waals surface area contributed by atoms with Crippen LogP contribution in [0.2, 0.25) is 0 Å². The number of nitrogens with zero attached hydrogens (tertiary/aromatic N) is 1. The Morgan fingerprint density at radius 2 is 2.13 bits per heavy atom. The zero-order valence-corrected chi connectivity index (χ0v) is 8.56. The van der Waals surface area contributed by atoms with Crippen LogP contribution in [-0.2, 0) is 14.3 Å². The summed E-state index contributed by atoms with van der Waals surface area (Å²) in [5.41, 5.74) is 1.11. The Hall–Kier alpha value is -1.93. The molecule has 1 atom stereocenters. The van der Waals surface area contributed by atoms with Gasteiger partial charge in [-0.15, -0.1) is 0 Å². The maximum absolute atomic E-state index is 11.3. The molecule has 0 aromatic heterocycles. The van der Waals surface area contributed by atoms with Crippen LogP contribution in [0.1, 0.15) is 18.4 Å². The monoisotopic (exact) mass is 205 g/mol. The zero-order valence-electron chi connectivity index (χ0n) is 8.56. The van der Waals surface area contributed by atoms with Crippen molar-refractivity contribution in [3.05, 3.63) is 29.8 Å². The second-order valence-electron chi connectivity index (χ2n) is 3.01. The third-order valence-corrected chi connectivity index (χ3v) is 2.12. The SMILES string of the molecule is COC(=O)[C@@H](C)c1ccccc1N=C=O. The number of carbonyl (C=O) groups excluding carboxylic acids is 2. The number of isocyanates is 1. The molecule has 0 aliphatic carbocycles. The Bertz CT molecular complexity index is 408. The van der Waals surface area contributed by atoms with Crippen LogP contribution in [0.5, 0.6) is 0 Å². The summed E-state index contributed by atoms with van der Waals surface area (Å²) in [5.74, 6) is -0.799. The summed E-state index contributed by atoms with van der Waals surface area (Å²) >= 11 is 0. The summed E-state index contributed by atoms with van der Waals surface area (Å²) in [5, 5.41) is 0. The van der Waals surface area contributed by atoms with Gasteiger partial charge in [0.05, 0.1) is 18.7 Å². The van der Waals surface area contributed by atoms with Crippen LogP contribution in [-0.4, -0.2) is 19.2 Å². The molecule has 0 fully saturated rings. The molecule has 1 rings (SSSR count). The van der Waals surface area contributed by atoms with Crippen molar-refractivity contribution in [3.8, 4) is 0 Å². The highest BCUT2D eigenvalue weighted by Crippen LogP contribution is 2.26. The van der Waals surface area contributed by atoms with Crippen LogP contribution in [0, 0.1) is 0 Å². The lowest BCUT2D eigenvalue weighted by atomic mass is 10.00. The minimum atomic E-state index is -0.441. The molecule has 78 valence electrons. The fourth-order valence-corrected chi connectivity index (χ4v) is 1.31. The molecule has 1 aromatic rings. The quantitative estimate of drug-likeness (QED) is 0.430. The smallest absolute Gasteiger partial charge is 0.312 e. The van der Waals surface area contributed by atoms with Gasteiger partial charge in [-0.05, 0) is 18.6 Å². The van der Waals surface area contributed by atoms with Crippen molar-refractivity contribution in [2.24, 2.45) is 4.99 Å². The molecular formula is C11H11NO3. The number of para-hydroxylation sites is 1. The first kappa shape index (κ1) is 11.1. The lowest BCUT2D eigenvalue weighted by Crippen LogP contribution is -2.10. The maximum Gasteiger partial charge on any atom is 0.312 e. The van der Waals surface area contributed by atoms with Gasteiger partial charge in [0.2, 0.25) is 6.08 Å². The van der Waals surface area contributed by atoms with Gasteiger partial charge >= 0.3 is 5.97 Å². The average molecular weight is 205 g/mol. The van der Waals surface area contributed by atoms with E-state index in [4.69, 9.17) is 0 Å². The van der Waals surface area contributed by atoms with E-state index in [9.17, 15) is 9.59 Å². The summed E-state index contributed by atoms with van der Waals surface area (Å²) in [6.07, 6.45) is 1.46. The van der Waals surface area contributed by atoms with Crippen LogP contribution in [0.3, 0.4) is 0 Å². The molecule has 1 aromatic carbocycles. The van der Waals surface area contributed by atoms with Gasteiger partial charge < -0.3 is 4.74 Å². The highest BCUT2D eigenvalue weighted by molar-refractivity contribution is 5.79. The third kappa shape index (κ3) is 2.51. The van der Waals surface area contributed by atoms with E-state index in [1.54, 1.807) is 31.2 Å². The van der Waals surface area contributed by atoms with Gasteiger partial charge in [0.15, 0.2) is 0 Å². The number of hydrogen-bond acceptors (Lipinski definition) is 4. The van der Waals surface area contributed by atoms with Crippen molar-refractivity contribution in [3.63, 3.8) is 0 Å². The molecule has 0 amide bonds. The highest BCUT2D eigenvalue weighted by Gasteiger charge is 2.18. The minimum Gasteiger partial charge on any atom is -0.469 e. The van der Waals surface area contributed by atoms with Gasteiger partial charge in [0.25, 0.3) is 0 Å². The second-order valence-corrected chi connectivity index (χ2v) is 3.01. The fourth-order valence-electron chi connectivity index (χ4n) is 1.31. The zero-order chi connectivity index (χ0) is 11.3. The van der Waals surface area contributed by atoms with Gasteiger partial charge in [0.1, 0.15) is 0 Å². The van der Waals surface area contributed by atoms with Gasteiger partial charge in [-0.2, -0.15) is 4.99 Å². The van der Waals surface area contributed by atoms with E-state index in [0.29, 0.717) is 11.3 Å². The second kappa shape index (κ2) is 5.08. The van der Waals surface area contributed by atoms with Crippen molar-refractivity contribution < 1.29 is 14.3 Å². The molecule has 0 unspecified atom stereocenters. The summed E-state index contributed by atoms with van der Waals surface area (Å²) < 4.78 is 4.62. The van der Waals surface area contributed by atoms with E-state index >= 15 is 0 Å². The first-order valence-corrected chi connectivity index (χ1v) is 4.45. The lowest BCUT2D eigenvalue weighted by molar-refractivity contribution is -0.141. The molecule has 0 bridgehead atoms. The van der Waals surface area contributed by atoms with E-state index < -0.39 is 5.92 Å². The van der Waals surface area contributed by atoms with Crippen LogP contribution in [0.25, 0.3) is 0 Å². The predicted octanol–water partition coefficient (Wildman–Crippen LogP) is 1.93. The third-order valence-electron chi connectivity index (χ3n) is 2.12. The number of aliphatic imine (C=N–C) groups is 1. The van der Waals surface area contributed by atoms with E-state index in [2.05, 4.69) is 9.73 Å². The highest BCUT2D eigenvalue weighted by atomic mass is 16.5. The van der Waals surface area contributed by atoms with Gasteiger partial charge in [0, 0.05) is 0 Å². The van der Waals surface area contributed by atoms with Gasteiger partial charge in [-0.3, -0.25) is 4.79 Å².